The Morgan fingerprint density at radius 1 is 0.414 bits per heavy atom. The van der Waals surface area contributed by atoms with Crippen molar-refractivity contribution in [3.63, 3.8) is 0 Å². The molecule has 0 aliphatic heterocycles. The van der Waals surface area contributed by atoms with Crippen LogP contribution >= 0.6 is 7.82 Å². The fraction of sp³-hybridized carbons (Fsp3) is 0.766. The van der Waals surface area contributed by atoms with Crippen LogP contribution in [0.2, 0.25) is 0 Å². The van der Waals surface area contributed by atoms with Gasteiger partial charge >= 0.3 is 5.97 Å². The lowest BCUT2D eigenvalue weighted by molar-refractivity contribution is -0.870. The average Bonchev–Trinajstić information content (AvgIpc) is 3.70. The molecule has 3 atom stereocenters. The minimum Gasteiger partial charge on any atom is -0.756 e. The van der Waals surface area contributed by atoms with Gasteiger partial charge in [-0.25, -0.2) is 0 Å². The van der Waals surface area contributed by atoms with Gasteiger partial charge < -0.3 is 28.5 Å². The monoisotopic (exact) mass is 1240 g/mol. The summed E-state index contributed by atoms with van der Waals surface area (Å²) in [5.41, 5.74) is 0. The maximum atomic E-state index is 13.6. The zero-order valence-electron chi connectivity index (χ0n) is 57.7. The standard InChI is InChI=1S/C77H139N2O7P/c1-7-10-13-16-19-22-25-27-29-31-33-35-37-38-39-40-42-43-45-47-49-51-54-57-60-63-66-69-76(80)78-74(73-85-87(82,83)84-72-71-79(4,5)6)75(68-65-62-59-56-53-24-21-18-15-12-9-3)86-77(81)70-67-64-61-58-55-52-50-48-46-44-41-36-34-32-30-28-26-23-20-17-14-11-8-2/h10,13,19,22,27-30,33,35,38-39,42-43,65,68,74-75H,7-9,11-12,14-18,20-21,23-26,31-32,34,36-37,40-41,44-64,66-67,69-73H2,1-6H3,(H-,78,80,82,83)/b13-10-,22-19-,29-27-,30-28+,35-33-,39-38-,43-42-,68-65-. The van der Waals surface area contributed by atoms with Gasteiger partial charge in [-0.05, 0) is 109 Å². The van der Waals surface area contributed by atoms with Crippen LogP contribution in [0.1, 0.15) is 329 Å². The van der Waals surface area contributed by atoms with Crippen LogP contribution < -0.4 is 10.2 Å². The minimum atomic E-state index is -4.71. The molecule has 1 amide bonds. The number of hydrogen-bond acceptors (Lipinski definition) is 7. The van der Waals surface area contributed by atoms with Crippen LogP contribution in [0, 0.1) is 0 Å². The third-order valence-electron chi connectivity index (χ3n) is 16.0. The molecular formula is C77H139N2O7P. The Morgan fingerprint density at radius 2 is 0.736 bits per heavy atom. The SMILES string of the molecule is CC/C=C\C/C=C\C/C=C\C/C=C\C/C=C\C/C=C\CCCCCCCCCCC(=O)NC(COP(=O)([O-])OCC[N+](C)(C)C)C(/C=C\CCCCCCCCCCC)OC(=O)CCCCCCCCCCCCCCC/C=C/CCCCCCCC. The number of quaternary nitrogens is 1. The summed E-state index contributed by atoms with van der Waals surface area (Å²) in [7, 11) is 1.18. The van der Waals surface area contributed by atoms with Crippen molar-refractivity contribution in [1.82, 2.24) is 5.32 Å². The van der Waals surface area contributed by atoms with Crippen molar-refractivity contribution < 1.29 is 37.3 Å². The molecule has 0 aromatic heterocycles. The Kier molecular flexibility index (Phi) is 63.5. The minimum absolute atomic E-state index is 0.0271. The van der Waals surface area contributed by atoms with Crippen molar-refractivity contribution in [2.75, 3.05) is 40.9 Å². The first-order chi connectivity index (χ1) is 42.4. The lowest BCUT2D eigenvalue weighted by atomic mass is 10.0. The van der Waals surface area contributed by atoms with Gasteiger partial charge in [0.2, 0.25) is 5.91 Å². The number of carbonyl (C=O) groups excluding carboxylic acids is 2. The van der Waals surface area contributed by atoms with Crippen LogP contribution in [0.4, 0.5) is 0 Å². The number of hydrogen-bond donors (Lipinski definition) is 1. The third kappa shape index (κ3) is 67.2. The Bertz CT molecular complexity index is 1810. The van der Waals surface area contributed by atoms with Crippen LogP contribution in [0.3, 0.4) is 0 Å². The van der Waals surface area contributed by atoms with Gasteiger partial charge in [0.05, 0.1) is 33.8 Å². The highest BCUT2D eigenvalue weighted by Crippen LogP contribution is 2.38. The van der Waals surface area contributed by atoms with Crippen LogP contribution in [-0.4, -0.2) is 69.4 Å². The molecule has 0 aromatic carbocycles. The molecular weight excluding hydrogens is 1100 g/mol. The number of nitrogens with one attached hydrogen (secondary N) is 1. The maximum Gasteiger partial charge on any atom is 0.306 e. The number of nitrogens with zero attached hydrogens (tertiary/aromatic N) is 1. The number of carbonyl (C=O) groups is 2. The molecule has 0 aliphatic rings. The van der Waals surface area contributed by atoms with Crippen LogP contribution in [0.25, 0.3) is 0 Å². The summed E-state index contributed by atoms with van der Waals surface area (Å²) in [6.45, 7) is 6.74. The van der Waals surface area contributed by atoms with Crippen molar-refractivity contribution in [3.05, 3.63) is 97.2 Å². The van der Waals surface area contributed by atoms with E-state index in [0.717, 1.165) is 109 Å². The number of phosphoric ester groups is 1. The molecule has 0 saturated heterocycles. The zero-order chi connectivity index (χ0) is 63.5. The van der Waals surface area contributed by atoms with Gasteiger partial charge in [0.15, 0.2) is 0 Å². The molecule has 1 N–H and O–H groups in total. The van der Waals surface area contributed by atoms with Gasteiger partial charge in [0, 0.05) is 12.8 Å². The van der Waals surface area contributed by atoms with E-state index in [1.807, 2.05) is 33.3 Å². The van der Waals surface area contributed by atoms with E-state index in [9.17, 15) is 19.0 Å². The van der Waals surface area contributed by atoms with E-state index in [1.165, 1.54) is 186 Å². The Hall–Kier alpha value is -3.07. The summed E-state index contributed by atoms with van der Waals surface area (Å²) < 4.78 is 30.4. The van der Waals surface area contributed by atoms with E-state index in [1.54, 1.807) is 0 Å². The molecule has 0 bridgehead atoms. The Labute approximate surface area is 538 Å². The number of likely N-dealkylation sites (N-methyl/N-ethyl adjacent to an activating group) is 1. The first kappa shape index (κ1) is 83.9. The number of phosphoric acid groups is 1. The van der Waals surface area contributed by atoms with Crippen molar-refractivity contribution >= 4 is 19.7 Å². The number of allylic oxidation sites excluding steroid dienone is 15. The molecule has 0 saturated carbocycles. The molecule has 0 spiro atoms. The Morgan fingerprint density at radius 3 is 1.11 bits per heavy atom. The van der Waals surface area contributed by atoms with Crippen molar-refractivity contribution in [1.29, 1.82) is 0 Å². The number of rotatable bonds is 66. The smallest absolute Gasteiger partial charge is 0.306 e. The quantitative estimate of drug-likeness (QED) is 0.0212. The Balaban J connectivity index is 5.01. The summed E-state index contributed by atoms with van der Waals surface area (Å²) in [5.74, 6) is -0.545. The predicted molar refractivity (Wildman–Crippen MR) is 376 cm³/mol. The first-order valence-electron chi connectivity index (χ1n) is 36.5. The van der Waals surface area contributed by atoms with E-state index >= 15 is 0 Å². The number of unbranched alkanes of at least 4 members (excludes halogenated alkanes) is 36. The van der Waals surface area contributed by atoms with E-state index in [0.29, 0.717) is 17.4 Å². The molecule has 9 nitrogen and oxygen atoms in total. The second-order valence-electron chi connectivity index (χ2n) is 25.7. The lowest BCUT2D eigenvalue weighted by Gasteiger charge is -2.30. The number of ether oxygens (including phenoxy) is 1. The summed E-state index contributed by atoms with van der Waals surface area (Å²) in [6, 6.07) is -0.898. The molecule has 3 unspecified atom stereocenters. The molecule has 87 heavy (non-hydrogen) atoms. The maximum absolute atomic E-state index is 13.6. The molecule has 0 aromatic rings. The summed E-state index contributed by atoms with van der Waals surface area (Å²) >= 11 is 0. The van der Waals surface area contributed by atoms with Gasteiger partial charge in [0.1, 0.15) is 19.3 Å². The summed E-state index contributed by atoms with van der Waals surface area (Å²) in [6.07, 6.45) is 89.6. The molecule has 0 rings (SSSR count). The second kappa shape index (κ2) is 65.9. The highest BCUT2D eigenvalue weighted by molar-refractivity contribution is 7.45. The first-order valence-corrected chi connectivity index (χ1v) is 38.0. The molecule has 0 fully saturated rings. The topological polar surface area (TPSA) is 114 Å². The van der Waals surface area contributed by atoms with E-state index in [4.69, 9.17) is 13.8 Å². The largest absolute Gasteiger partial charge is 0.756 e. The molecule has 10 heteroatoms. The fourth-order valence-corrected chi connectivity index (χ4v) is 11.1. The van der Waals surface area contributed by atoms with Gasteiger partial charge in [-0.2, -0.15) is 0 Å². The van der Waals surface area contributed by atoms with E-state index < -0.39 is 26.6 Å². The van der Waals surface area contributed by atoms with Crippen LogP contribution in [-0.2, 0) is 27.9 Å². The van der Waals surface area contributed by atoms with Crippen LogP contribution in [0.5, 0.6) is 0 Å². The van der Waals surface area contributed by atoms with Gasteiger partial charge in [-0.3, -0.25) is 14.2 Å². The van der Waals surface area contributed by atoms with E-state index in [2.05, 4.69) is 111 Å². The van der Waals surface area contributed by atoms with Gasteiger partial charge in [-0.15, -0.1) is 0 Å². The molecule has 0 radical (unpaired) electrons. The average molecular weight is 1240 g/mol. The van der Waals surface area contributed by atoms with Crippen molar-refractivity contribution in [2.45, 2.75) is 341 Å². The van der Waals surface area contributed by atoms with Gasteiger partial charge in [0.25, 0.3) is 7.82 Å². The summed E-state index contributed by atoms with van der Waals surface area (Å²) in [5, 5.41) is 3.04. The van der Waals surface area contributed by atoms with Gasteiger partial charge in [-0.1, -0.05) is 305 Å². The predicted octanol–water partition coefficient (Wildman–Crippen LogP) is 22.8. The molecule has 0 aliphatic carbocycles. The normalized spacial score (nSPS) is 14.1. The van der Waals surface area contributed by atoms with Crippen LogP contribution in [0.15, 0.2) is 97.2 Å². The molecule has 504 valence electrons. The second-order valence-corrected chi connectivity index (χ2v) is 27.1. The lowest BCUT2D eigenvalue weighted by Crippen LogP contribution is -2.47. The van der Waals surface area contributed by atoms with Crippen molar-refractivity contribution in [3.8, 4) is 0 Å². The fourth-order valence-electron chi connectivity index (χ4n) is 10.4. The number of esters is 1. The number of amides is 1. The highest BCUT2D eigenvalue weighted by atomic mass is 31.2. The van der Waals surface area contributed by atoms with E-state index in [-0.39, 0.29) is 24.9 Å². The highest BCUT2D eigenvalue weighted by Gasteiger charge is 2.27. The zero-order valence-corrected chi connectivity index (χ0v) is 58.6. The molecule has 0 heterocycles. The summed E-state index contributed by atoms with van der Waals surface area (Å²) in [4.78, 5) is 40.2. The van der Waals surface area contributed by atoms with Crippen molar-refractivity contribution in [2.24, 2.45) is 0 Å². The third-order valence-corrected chi connectivity index (χ3v) is 17.0.